The van der Waals surface area contributed by atoms with E-state index in [-0.39, 0.29) is 25.0 Å². The quantitative estimate of drug-likeness (QED) is 0.199. The van der Waals surface area contributed by atoms with Crippen molar-refractivity contribution in [3.63, 3.8) is 0 Å². The molecule has 0 radical (unpaired) electrons. The van der Waals surface area contributed by atoms with E-state index in [9.17, 15) is 9.59 Å². The Morgan fingerprint density at radius 1 is 0.800 bits per heavy atom. The fourth-order valence-corrected chi connectivity index (χ4v) is 5.14. The van der Waals surface area contributed by atoms with Crippen LogP contribution in [0.4, 0.5) is 0 Å². The van der Waals surface area contributed by atoms with Crippen LogP contribution in [0.25, 0.3) is 16.9 Å². The van der Waals surface area contributed by atoms with Crippen LogP contribution in [0.5, 0.6) is 5.75 Å². The first-order chi connectivity index (χ1) is 21.5. The highest BCUT2D eigenvalue weighted by atomic mass is 16.5. The van der Waals surface area contributed by atoms with Crippen LogP contribution in [0, 0.1) is 17.8 Å². The van der Waals surface area contributed by atoms with Gasteiger partial charge in [0.05, 0.1) is 48.3 Å². The fourth-order valence-electron chi connectivity index (χ4n) is 5.14. The molecule has 0 saturated heterocycles. The van der Waals surface area contributed by atoms with Crippen LogP contribution in [-0.4, -0.2) is 41.5 Å². The van der Waals surface area contributed by atoms with Crippen molar-refractivity contribution in [3.8, 4) is 22.7 Å². The molecule has 4 rings (SSSR count). The Morgan fingerprint density at radius 2 is 1.36 bits per heavy atom. The summed E-state index contributed by atoms with van der Waals surface area (Å²) < 4.78 is 19.3. The summed E-state index contributed by atoms with van der Waals surface area (Å²) in [6.45, 7) is 17.1. The van der Waals surface area contributed by atoms with Crippen molar-refractivity contribution < 1.29 is 23.8 Å². The first-order valence-corrected chi connectivity index (χ1v) is 15.9. The van der Waals surface area contributed by atoms with Crippen molar-refractivity contribution in [2.24, 2.45) is 17.8 Å². The van der Waals surface area contributed by atoms with Gasteiger partial charge >= 0.3 is 11.9 Å². The lowest BCUT2D eigenvalue weighted by atomic mass is 9.79. The molecule has 45 heavy (non-hydrogen) atoms. The minimum atomic E-state index is -0.778. The van der Waals surface area contributed by atoms with Gasteiger partial charge in [0.25, 0.3) is 0 Å². The summed E-state index contributed by atoms with van der Waals surface area (Å²) in [4.78, 5) is 27.6. The third-order valence-electron chi connectivity index (χ3n) is 7.46. The summed E-state index contributed by atoms with van der Waals surface area (Å²) in [6.07, 6.45) is 2.87. The number of carbonyl (C=O) groups excluding carboxylic acids is 2. The molecule has 240 valence electrons. The lowest BCUT2D eigenvalue weighted by molar-refractivity contribution is -0.141. The van der Waals surface area contributed by atoms with Crippen LogP contribution >= 0.6 is 0 Å². The molecule has 1 aliphatic rings. The monoisotopic (exact) mass is 613 g/mol. The number of para-hydroxylation sites is 1. The molecule has 8 nitrogen and oxygen atoms in total. The molecule has 0 atom stereocenters. The molecule has 2 aromatic carbocycles. The minimum Gasteiger partial charge on any atom is -0.494 e. The predicted molar refractivity (Wildman–Crippen MR) is 177 cm³/mol. The van der Waals surface area contributed by atoms with Crippen molar-refractivity contribution in [2.45, 2.75) is 67.7 Å². The van der Waals surface area contributed by atoms with E-state index in [1.807, 2.05) is 102 Å². The van der Waals surface area contributed by atoms with Gasteiger partial charge in [-0.05, 0) is 74.4 Å². The Balaban J connectivity index is 1.88. The molecule has 0 amide bonds. The van der Waals surface area contributed by atoms with Gasteiger partial charge in [0.1, 0.15) is 5.75 Å². The van der Waals surface area contributed by atoms with Gasteiger partial charge in [0, 0.05) is 28.7 Å². The predicted octanol–water partition coefficient (Wildman–Crippen LogP) is 7.60. The van der Waals surface area contributed by atoms with Gasteiger partial charge in [0.15, 0.2) is 0 Å². The Hall–Kier alpha value is -4.33. The fraction of sp³-hybridized carbons (Fsp3) is 0.432. The average molecular weight is 614 g/mol. The second-order valence-corrected chi connectivity index (χ2v) is 12.9. The minimum absolute atomic E-state index is 0.148. The van der Waals surface area contributed by atoms with Gasteiger partial charge in [-0.25, -0.2) is 14.3 Å². The van der Waals surface area contributed by atoms with Crippen molar-refractivity contribution in [2.75, 3.05) is 19.8 Å². The van der Waals surface area contributed by atoms with E-state index in [1.54, 1.807) is 4.68 Å². The van der Waals surface area contributed by atoms with Crippen molar-refractivity contribution >= 4 is 11.9 Å². The van der Waals surface area contributed by atoms with E-state index in [4.69, 9.17) is 19.3 Å². The van der Waals surface area contributed by atoms with Gasteiger partial charge in [-0.3, -0.25) is 0 Å². The molecule has 0 spiro atoms. The number of dihydropyridines is 1. The van der Waals surface area contributed by atoms with E-state index >= 15 is 0 Å². The molecule has 0 unspecified atom stereocenters. The molecule has 0 aliphatic carbocycles. The number of hydrogen-bond acceptors (Lipinski definition) is 7. The number of nitrogens with zero attached hydrogens (tertiary/aromatic N) is 2. The van der Waals surface area contributed by atoms with E-state index in [0.29, 0.717) is 46.3 Å². The molecule has 1 aliphatic heterocycles. The van der Waals surface area contributed by atoms with Crippen molar-refractivity contribution in [1.82, 2.24) is 15.1 Å². The number of carbonyl (C=O) groups is 2. The lowest BCUT2D eigenvalue weighted by Gasteiger charge is -2.30. The lowest BCUT2D eigenvalue weighted by Crippen LogP contribution is -2.33. The third-order valence-corrected chi connectivity index (χ3v) is 7.46. The van der Waals surface area contributed by atoms with Crippen LogP contribution in [0.2, 0.25) is 0 Å². The molecule has 1 N–H and O–H groups in total. The molecule has 8 heteroatoms. The van der Waals surface area contributed by atoms with Gasteiger partial charge < -0.3 is 19.5 Å². The number of esters is 2. The van der Waals surface area contributed by atoms with E-state index in [0.717, 1.165) is 23.4 Å². The van der Waals surface area contributed by atoms with E-state index in [1.165, 1.54) is 0 Å². The number of rotatable bonds is 13. The van der Waals surface area contributed by atoms with Gasteiger partial charge in [-0.1, -0.05) is 59.7 Å². The van der Waals surface area contributed by atoms with Crippen LogP contribution in [0.15, 0.2) is 83.3 Å². The first kappa shape index (κ1) is 33.6. The summed E-state index contributed by atoms with van der Waals surface area (Å²) in [7, 11) is 0. The summed E-state index contributed by atoms with van der Waals surface area (Å²) in [5.41, 5.74) is 4.98. The van der Waals surface area contributed by atoms with Gasteiger partial charge in [-0.15, -0.1) is 0 Å². The molecule has 0 saturated carbocycles. The maximum Gasteiger partial charge on any atom is 0.336 e. The number of hydrogen-bond donors (Lipinski definition) is 1. The molecule has 0 bridgehead atoms. The Bertz CT molecular complexity index is 1490. The smallest absolute Gasteiger partial charge is 0.336 e. The van der Waals surface area contributed by atoms with Crippen molar-refractivity contribution in [1.29, 1.82) is 0 Å². The van der Waals surface area contributed by atoms with Crippen LogP contribution in [-0.2, 0) is 19.1 Å². The maximum atomic E-state index is 13.8. The Labute approximate surface area is 267 Å². The molecule has 0 fully saturated rings. The summed E-state index contributed by atoms with van der Waals surface area (Å²) in [5, 5.41) is 8.30. The summed E-state index contributed by atoms with van der Waals surface area (Å²) in [6, 6.07) is 17.6. The number of aromatic nitrogens is 2. The second-order valence-electron chi connectivity index (χ2n) is 12.9. The normalized spacial score (nSPS) is 13.9. The Morgan fingerprint density at radius 3 is 1.87 bits per heavy atom. The highest BCUT2D eigenvalue weighted by molar-refractivity contribution is 6.00. The third kappa shape index (κ3) is 8.44. The number of allylic oxidation sites excluding steroid dienone is 2. The standard InChI is InChI=1S/C37H47N3O5/c1-23(2)18-19-43-30-16-14-28(15-17-30)35-31(20-40(39-35)29-12-10-9-11-13-29)34-32(36(41)44-21-24(3)4)26(7)38-27(8)33(34)37(42)45-22-25(5)6/h9-17,20,23-25,34,38H,18-19,21-22H2,1-8H3. The number of ether oxygens (including phenoxy) is 3. The molecular weight excluding hydrogens is 566 g/mol. The molecule has 3 aromatic rings. The van der Waals surface area contributed by atoms with Crippen molar-refractivity contribution in [3.05, 3.63) is 88.9 Å². The maximum absolute atomic E-state index is 13.8. The van der Waals surface area contributed by atoms with Crippen LogP contribution < -0.4 is 10.1 Å². The van der Waals surface area contributed by atoms with Gasteiger partial charge in [0.2, 0.25) is 0 Å². The molecule has 1 aromatic heterocycles. The number of nitrogens with one attached hydrogen (secondary N) is 1. The molecular formula is C37H47N3O5. The largest absolute Gasteiger partial charge is 0.494 e. The highest BCUT2D eigenvalue weighted by Crippen LogP contribution is 2.43. The Kier molecular flexibility index (Phi) is 11.3. The first-order valence-electron chi connectivity index (χ1n) is 15.9. The SMILES string of the molecule is CC1=C(C(=O)OCC(C)C)C(c2cn(-c3ccccc3)nc2-c2ccc(OCCC(C)C)cc2)C(C(=O)OCC(C)C)=C(C)N1. The zero-order valence-electron chi connectivity index (χ0n) is 27.8. The molecule has 2 heterocycles. The van der Waals surface area contributed by atoms with Crippen LogP contribution in [0.1, 0.15) is 73.3 Å². The van der Waals surface area contributed by atoms with Crippen LogP contribution in [0.3, 0.4) is 0 Å². The van der Waals surface area contributed by atoms with E-state index in [2.05, 4.69) is 19.2 Å². The van der Waals surface area contributed by atoms with Gasteiger partial charge in [-0.2, -0.15) is 5.10 Å². The zero-order valence-corrected chi connectivity index (χ0v) is 27.8. The summed E-state index contributed by atoms with van der Waals surface area (Å²) >= 11 is 0. The number of benzene rings is 2. The second kappa shape index (κ2) is 15.1. The topological polar surface area (TPSA) is 91.7 Å². The average Bonchev–Trinajstić information content (AvgIpc) is 3.44. The van der Waals surface area contributed by atoms with E-state index < -0.39 is 17.9 Å². The summed E-state index contributed by atoms with van der Waals surface area (Å²) in [5.74, 6) is -0.117. The zero-order chi connectivity index (χ0) is 32.7. The highest BCUT2D eigenvalue weighted by Gasteiger charge is 2.40.